The lowest BCUT2D eigenvalue weighted by molar-refractivity contribution is 0.00711. The van der Waals surface area contributed by atoms with E-state index in [9.17, 15) is 10.2 Å². The minimum absolute atomic E-state index is 0.507. The predicted molar refractivity (Wildman–Crippen MR) is 139 cm³/mol. The Labute approximate surface area is 197 Å². The highest BCUT2D eigenvalue weighted by Crippen LogP contribution is 2.16. The maximum atomic E-state index is 10.2. The van der Waals surface area contributed by atoms with Crippen molar-refractivity contribution in [1.82, 2.24) is 0 Å². The fraction of sp³-hybridized carbons (Fsp3) is 1.00. The van der Waals surface area contributed by atoms with Gasteiger partial charge in [-0.3, -0.25) is 0 Å². The summed E-state index contributed by atoms with van der Waals surface area (Å²) in [4.78, 5) is 0. The third-order valence-electron chi connectivity index (χ3n) is 6.90. The molecule has 0 aliphatic rings. The van der Waals surface area contributed by atoms with E-state index in [1.165, 1.54) is 135 Å². The molecule has 0 aromatic carbocycles. The fourth-order valence-corrected chi connectivity index (χ4v) is 4.60. The lowest BCUT2D eigenvalue weighted by Crippen LogP contribution is -2.25. The summed E-state index contributed by atoms with van der Waals surface area (Å²) in [6, 6.07) is 0. The molecule has 0 fully saturated rings. The molecule has 0 amide bonds. The zero-order valence-electron chi connectivity index (χ0n) is 21.7. The number of unbranched alkanes of at least 4 members (excludes halogenated alkanes) is 21. The van der Waals surface area contributed by atoms with Gasteiger partial charge in [0.1, 0.15) is 0 Å². The Kier molecular flexibility index (Phi) is 26.1. The van der Waals surface area contributed by atoms with E-state index in [0.29, 0.717) is 0 Å². The van der Waals surface area contributed by atoms with Gasteiger partial charge >= 0.3 is 0 Å². The largest absolute Gasteiger partial charge is 0.390 e. The van der Waals surface area contributed by atoms with Crippen molar-refractivity contribution in [3.8, 4) is 0 Å². The average Bonchev–Trinajstić information content (AvgIpc) is 2.77. The third kappa shape index (κ3) is 24.4. The second kappa shape index (κ2) is 26.2. The highest BCUT2D eigenvalue weighted by Gasteiger charge is 2.15. The second-order valence-corrected chi connectivity index (χ2v) is 10.1. The molecule has 0 saturated carbocycles. The van der Waals surface area contributed by atoms with Gasteiger partial charge in [0.25, 0.3) is 0 Å². The predicted octanol–water partition coefficient (Wildman–Crippen LogP) is 9.50. The number of rotatable bonds is 26. The summed E-state index contributed by atoms with van der Waals surface area (Å²) in [5.41, 5.74) is 0. The normalized spacial score (nSPS) is 13.5. The van der Waals surface area contributed by atoms with Gasteiger partial charge in [-0.25, -0.2) is 0 Å². The monoisotopic (exact) mass is 440 g/mol. The molecule has 0 saturated heterocycles. The number of aliphatic hydroxyl groups is 2. The van der Waals surface area contributed by atoms with Crippen LogP contribution in [0.2, 0.25) is 0 Å². The van der Waals surface area contributed by atoms with Crippen LogP contribution in [0.1, 0.15) is 174 Å². The summed E-state index contributed by atoms with van der Waals surface area (Å²) in [5, 5.41) is 20.3. The van der Waals surface area contributed by atoms with Crippen LogP contribution in [0, 0.1) is 0 Å². The van der Waals surface area contributed by atoms with Crippen molar-refractivity contribution in [2.45, 2.75) is 187 Å². The molecule has 0 aromatic rings. The van der Waals surface area contributed by atoms with E-state index in [0.717, 1.165) is 25.7 Å². The molecule has 0 spiro atoms. The molecule has 0 radical (unpaired) electrons. The maximum Gasteiger partial charge on any atom is 0.0799 e. The summed E-state index contributed by atoms with van der Waals surface area (Å²) in [7, 11) is 0. The van der Waals surface area contributed by atoms with Crippen LogP contribution in [0.4, 0.5) is 0 Å². The Morgan fingerprint density at radius 3 is 0.742 bits per heavy atom. The van der Waals surface area contributed by atoms with Crippen molar-refractivity contribution in [2.24, 2.45) is 0 Å². The number of hydrogen-bond donors (Lipinski definition) is 2. The smallest absolute Gasteiger partial charge is 0.0799 e. The van der Waals surface area contributed by atoms with E-state index in [1.54, 1.807) is 0 Å². The molecule has 0 aromatic heterocycles. The first-order valence-electron chi connectivity index (χ1n) is 14.6. The van der Waals surface area contributed by atoms with Crippen molar-refractivity contribution >= 4 is 0 Å². The molecule has 31 heavy (non-hydrogen) atoms. The third-order valence-corrected chi connectivity index (χ3v) is 6.90. The van der Waals surface area contributed by atoms with Crippen LogP contribution < -0.4 is 0 Å². The molecule has 2 atom stereocenters. The summed E-state index contributed by atoms with van der Waals surface area (Å²) < 4.78 is 0. The molecule has 2 nitrogen and oxygen atoms in total. The fourth-order valence-electron chi connectivity index (χ4n) is 4.60. The van der Waals surface area contributed by atoms with Gasteiger partial charge in [0, 0.05) is 0 Å². The van der Waals surface area contributed by atoms with Crippen LogP contribution in [0.25, 0.3) is 0 Å². The van der Waals surface area contributed by atoms with Crippen molar-refractivity contribution < 1.29 is 10.2 Å². The Hall–Kier alpha value is -0.0800. The molecule has 2 heteroatoms. The average molecular weight is 441 g/mol. The number of hydrogen-bond acceptors (Lipinski definition) is 2. The first kappa shape index (κ1) is 30.9. The molecule has 0 heterocycles. The van der Waals surface area contributed by atoms with Crippen LogP contribution in [0.15, 0.2) is 0 Å². The quantitative estimate of drug-likeness (QED) is 0.131. The van der Waals surface area contributed by atoms with Crippen molar-refractivity contribution in [3.05, 3.63) is 0 Å². The molecule has 0 aliphatic heterocycles. The summed E-state index contributed by atoms with van der Waals surface area (Å²) in [5.74, 6) is 0. The van der Waals surface area contributed by atoms with Crippen molar-refractivity contribution in [3.63, 3.8) is 0 Å². The van der Waals surface area contributed by atoms with Crippen LogP contribution in [0.5, 0.6) is 0 Å². The standard InChI is InChI=1S/C29H60O2/c1-3-5-7-9-11-12-13-14-15-16-17-18-19-21-23-25-27-29(31)28(30)26-24-22-20-10-8-6-4-2/h28-31H,3-27H2,1-2H3. The molecular formula is C29H60O2. The highest BCUT2D eigenvalue weighted by molar-refractivity contribution is 4.67. The van der Waals surface area contributed by atoms with Gasteiger partial charge < -0.3 is 10.2 Å². The van der Waals surface area contributed by atoms with E-state index < -0.39 is 12.2 Å². The molecule has 0 aliphatic carbocycles. The van der Waals surface area contributed by atoms with Crippen molar-refractivity contribution in [1.29, 1.82) is 0 Å². The molecule has 2 unspecified atom stereocenters. The summed E-state index contributed by atoms with van der Waals surface area (Å²) in [6.07, 6.45) is 31.3. The summed E-state index contributed by atoms with van der Waals surface area (Å²) in [6.45, 7) is 4.53. The molecule has 0 rings (SSSR count). The Morgan fingerprint density at radius 2 is 0.516 bits per heavy atom. The van der Waals surface area contributed by atoms with Crippen LogP contribution >= 0.6 is 0 Å². The molecule has 0 bridgehead atoms. The van der Waals surface area contributed by atoms with Crippen LogP contribution in [-0.4, -0.2) is 22.4 Å². The van der Waals surface area contributed by atoms with Gasteiger partial charge in [-0.1, -0.05) is 162 Å². The van der Waals surface area contributed by atoms with E-state index in [-0.39, 0.29) is 0 Å². The van der Waals surface area contributed by atoms with Gasteiger partial charge in [-0.15, -0.1) is 0 Å². The van der Waals surface area contributed by atoms with Gasteiger partial charge in [0.2, 0.25) is 0 Å². The Bertz CT molecular complexity index is 318. The van der Waals surface area contributed by atoms with Gasteiger partial charge in [-0.2, -0.15) is 0 Å². The summed E-state index contributed by atoms with van der Waals surface area (Å²) >= 11 is 0. The maximum absolute atomic E-state index is 10.2. The van der Waals surface area contributed by atoms with Gasteiger partial charge in [0.05, 0.1) is 12.2 Å². The van der Waals surface area contributed by atoms with Crippen molar-refractivity contribution in [2.75, 3.05) is 0 Å². The molecular weight excluding hydrogens is 380 g/mol. The second-order valence-electron chi connectivity index (χ2n) is 10.1. The lowest BCUT2D eigenvalue weighted by Gasteiger charge is -2.17. The highest BCUT2D eigenvalue weighted by atomic mass is 16.3. The zero-order chi connectivity index (χ0) is 22.8. The minimum atomic E-state index is -0.508. The SMILES string of the molecule is CCCCCCCCCCCCCCCCCCC(O)C(O)CCCCCCCCC. The number of aliphatic hydroxyl groups excluding tert-OH is 2. The topological polar surface area (TPSA) is 40.5 Å². The molecule has 2 N–H and O–H groups in total. The molecule has 188 valence electrons. The Balaban J connectivity index is 3.24. The first-order chi connectivity index (χ1) is 15.2. The Morgan fingerprint density at radius 1 is 0.323 bits per heavy atom. The van der Waals surface area contributed by atoms with E-state index >= 15 is 0 Å². The van der Waals surface area contributed by atoms with E-state index in [1.807, 2.05) is 0 Å². The lowest BCUT2D eigenvalue weighted by atomic mass is 9.99. The zero-order valence-corrected chi connectivity index (χ0v) is 21.7. The minimum Gasteiger partial charge on any atom is -0.390 e. The van der Waals surface area contributed by atoms with Crippen LogP contribution in [-0.2, 0) is 0 Å². The van der Waals surface area contributed by atoms with E-state index in [2.05, 4.69) is 13.8 Å². The van der Waals surface area contributed by atoms with E-state index in [4.69, 9.17) is 0 Å². The first-order valence-corrected chi connectivity index (χ1v) is 14.6. The van der Waals surface area contributed by atoms with Crippen LogP contribution in [0.3, 0.4) is 0 Å². The van der Waals surface area contributed by atoms with Gasteiger partial charge in [-0.05, 0) is 12.8 Å². The van der Waals surface area contributed by atoms with Gasteiger partial charge in [0.15, 0.2) is 0 Å².